The number of nitro groups is 1. The van der Waals surface area contributed by atoms with E-state index in [2.05, 4.69) is 15.6 Å². The minimum atomic E-state index is -0.437. The van der Waals surface area contributed by atoms with Crippen LogP contribution in [0.3, 0.4) is 0 Å². The van der Waals surface area contributed by atoms with Crippen LogP contribution in [0.5, 0.6) is 5.75 Å². The number of thiocarbonyl (C=S) groups is 1. The second-order valence-electron chi connectivity index (χ2n) is 9.90. The molecule has 0 unspecified atom stereocenters. The van der Waals surface area contributed by atoms with E-state index < -0.39 is 4.92 Å². The number of aromatic nitrogens is 2. The molecular formula is C30H29FN6O4S. The topological polar surface area (TPSA) is 115 Å². The first-order valence-corrected chi connectivity index (χ1v) is 13.6. The molecule has 0 aliphatic carbocycles. The Hall–Kier alpha value is -4.84. The van der Waals surface area contributed by atoms with Crippen molar-refractivity contribution in [3.63, 3.8) is 0 Å². The lowest BCUT2D eigenvalue weighted by molar-refractivity contribution is -0.384. The van der Waals surface area contributed by atoms with Gasteiger partial charge in [0.2, 0.25) is 5.91 Å². The van der Waals surface area contributed by atoms with Crippen LogP contribution >= 0.6 is 12.2 Å². The number of nitrogens with one attached hydrogen (secondary N) is 2. The molecule has 2 atom stereocenters. The minimum Gasteiger partial charge on any atom is -0.495 e. The summed E-state index contributed by atoms with van der Waals surface area (Å²) in [5.41, 5.74) is 4.37. The number of carbonyl (C=O) groups is 1. The number of hydrogen-bond donors (Lipinski definition) is 2. The van der Waals surface area contributed by atoms with Gasteiger partial charge in [0.05, 0.1) is 35.5 Å². The van der Waals surface area contributed by atoms with Crippen LogP contribution < -0.4 is 15.4 Å². The molecule has 0 bridgehead atoms. The molecule has 5 rings (SSSR count). The van der Waals surface area contributed by atoms with Gasteiger partial charge in [-0.3, -0.25) is 19.9 Å². The maximum atomic E-state index is 13.3. The number of amides is 1. The summed E-state index contributed by atoms with van der Waals surface area (Å²) < 4.78 is 20.8. The van der Waals surface area contributed by atoms with E-state index in [0.717, 1.165) is 22.6 Å². The predicted molar refractivity (Wildman–Crippen MR) is 160 cm³/mol. The molecular weight excluding hydrogens is 559 g/mol. The zero-order chi connectivity index (χ0) is 30.0. The first kappa shape index (κ1) is 28.7. The summed E-state index contributed by atoms with van der Waals surface area (Å²) in [6.07, 6.45) is 1.84. The van der Waals surface area contributed by atoms with Crippen LogP contribution in [-0.4, -0.2) is 44.0 Å². The van der Waals surface area contributed by atoms with E-state index in [4.69, 9.17) is 17.0 Å². The molecule has 216 valence electrons. The summed E-state index contributed by atoms with van der Waals surface area (Å²) in [4.78, 5) is 30.5. The molecule has 1 saturated heterocycles. The Bertz CT molecular complexity index is 1640. The Morgan fingerprint density at radius 2 is 1.93 bits per heavy atom. The van der Waals surface area contributed by atoms with Crippen LogP contribution in [0.15, 0.2) is 72.9 Å². The van der Waals surface area contributed by atoms with Crippen molar-refractivity contribution in [1.29, 1.82) is 0 Å². The molecule has 0 saturated carbocycles. The van der Waals surface area contributed by atoms with Gasteiger partial charge in [-0.1, -0.05) is 6.07 Å². The molecule has 1 fully saturated rings. The van der Waals surface area contributed by atoms with Crippen molar-refractivity contribution in [2.75, 3.05) is 19.0 Å². The molecule has 4 aromatic rings. The molecule has 2 N–H and O–H groups in total. The number of non-ortho nitro benzene ring substituents is 1. The number of carbonyl (C=O) groups excluding carboxylic acids is 1. The van der Waals surface area contributed by atoms with Crippen molar-refractivity contribution in [3.8, 4) is 11.4 Å². The third-order valence-corrected chi connectivity index (χ3v) is 7.66. The van der Waals surface area contributed by atoms with Gasteiger partial charge in [-0.2, -0.15) is 0 Å². The van der Waals surface area contributed by atoms with Gasteiger partial charge in [-0.05, 0) is 80.2 Å². The molecule has 10 nitrogen and oxygen atoms in total. The monoisotopic (exact) mass is 588 g/mol. The van der Waals surface area contributed by atoms with E-state index in [1.54, 1.807) is 12.3 Å². The molecule has 1 amide bonds. The fraction of sp³-hybridized carbons (Fsp3) is 0.233. The van der Waals surface area contributed by atoms with Crippen molar-refractivity contribution in [2.24, 2.45) is 0 Å². The number of benzene rings is 2. The van der Waals surface area contributed by atoms with Crippen LogP contribution in [0.2, 0.25) is 0 Å². The van der Waals surface area contributed by atoms with E-state index in [9.17, 15) is 19.3 Å². The average Bonchev–Trinajstić information content (AvgIpc) is 3.47. The smallest absolute Gasteiger partial charge is 0.271 e. The number of rotatable bonds is 9. The number of hydrogen-bond acceptors (Lipinski definition) is 6. The van der Waals surface area contributed by atoms with Gasteiger partial charge in [0.25, 0.3) is 5.69 Å². The predicted octanol–water partition coefficient (Wildman–Crippen LogP) is 5.55. The van der Waals surface area contributed by atoms with Gasteiger partial charge in [-0.25, -0.2) is 4.39 Å². The third-order valence-electron chi connectivity index (χ3n) is 7.31. The summed E-state index contributed by atoms with van der Waals surface area (Å²) >= 11 is 5.76. The third kappa shape index (κ3) is 5.66. The standard InChI is InChI=1S/C30H29FN6O4S/c1-18-16-23(19(2)36(18)25-17-22(37(39)40)11-12-26(25)41-3)29-28(24-6-4-5-14-32-24)34-30(42)35(29)15-13-27(38)33-21-9-7-20(31)8-10-21/h4-12,14,16-17,28-29H,13,15H2,1-3H3,(H,33,38)(H,34,42)/t28-,29-/m1/s1. The van der Waals surface area contributed by atoms with E-state index in [1.165, 1.54) is 43.5 Å². The largest absolute Gasteiger partial charge is 0.495 e. The first-order chi connectivity index (χ1) is 20.2. The van der Waals surface area contributed by atoms with Crippen LogP contribution in [-0.2, 0) is 4.79 Å². The van der Waals surface area contributed by atoms with Crippen LogP contribution in [0.25, 0.3) is 5.69 Å². The first-order valence-electron chi connectivity index (χ1n) is 13.2. The van der Waals surface area contributed by atoms with Crippen LogP contribution in [0, 0.1) is 29.8 Å². The van der Waals surface area contributed by atoms with E-state index in [-0.39, 0.29) is 35.9 Å². The van der Waals surface area contributed by atoms with Gasteiger partial charge in [0.15, 0.2) is 5.11 Å². The molecule has 12 heteroatoms. The summed E-state index contributed by atoms with van der Waals surface area (Å²) in [5.74, 6) is -0.133. The SMILES string of the molecule is COc1ccc([N+](=O)[O-])cc1-n1c(C)cc([C@@H]2[C@@H](c3ccccn3)NC(=S)N2CCC(=O)Nc2ccc(F)cc2)c1C. The summed E-state index contributed by atoms with van der Waals surface area (Å²) in [6, 6.07) is 17.1. The number of pyridine rings is 1. The number of halogens is 1. The van der Waals surface area contributed by atoms with Crippen molar-refractivity contribution in [1.82, 2.24) is 19.8 Å². The van der Waals surface area contributed by atoms with Crippen molar-refractivity contribution in [2.45, 2.75) is 32.4 Å². The second-order valence-corrected chi connectivity index (χ2v) is 10.3. The zero-order valence-corrected chi connectivity index (χ0v) is 24.0. The molecule has 1 aliphatic heterocycles. The summed E-state index contributed by atoms with van der Waals surface area (Å²) in [6.45, 7) is 4.17. The molecule has 2 aromatic heterocycles. The maximum Gasteiger partial charge on any atom is 0.271 e. The quantitative estimate of drug-likeness (QED) is 0.149. The lowest BCUT2D eigenvalue weighted by atomic mass is 9.96. The summed E-state index contributed by atoms with van der Waals surface area (Å²) in [7, 11) is 1.52. The van der Waals surface area contributed by atoms with Crippen molar-refractivity contribution < 1.29 is 18.8 Å². The fourth-order valence-corrected chi connectivity index (χ4v) is 5.72. The number of nitro benzene ring substituents is 1. The Balaban J connectivity index is 1.51. The van der Waals surface area contributed by atoms with Crippen LogP contribution in [0.4, 0.5) is 15.8 Å². The Morgan fingerprint density at radius 1 is 1.17 bits per heavy atom. The lowest BCUT2D eigenvalue weighted by Crippen LogP contribution is -2.32. The van der Waals surface area contributed by atoms with Gasteiger partial charge in [-0.15, -0.1) is 0 Å². The maximum absolute atomic E-state index is 13.3. The molecule has 0 radical (unpaired) electrons. The van der Waals surface area contributed by atoms with Gasteiger partial charge in [0, 0.05) is 48.4 Å². The zero-order valence-electron chi connectivity index (χ0n) is 23.2. The normalized spacial score (nSPS) is 16.3. The van der Waals surface area contributed by atoms with E-state index in [1.807, 2.05) is 47.6 Å². The Labute approximate surface area is 247 Å². The lowest BCUT2D eigenvalue weighted by Gasteiger charge is -2.28. The van der Waals surface area contributed by atoms with Crippen molar-refractivity contribution in [3.05, 3.63) is 112 Å². The second kappa shape index (κ2) is 12.0. The number of anilines is 1. The Kier molecular flexibility index (Phi) is 8.16. The number of ether oxygens (including phenoxy) is 1. The molecule has 3 heterocycles. The Morgan fingerprint density at radius 3 is 2.60 bits per heavy atom. The number of nitrogens with zero attached hydrogens (tertiary/aromatic N) is 4. The molecule has 2 aromatic carbocycles. The number of methoxy groups -OCH3 is 1. The van der Waals surface area contributed by atoms with E-state index >= 15 is 0 Å². The molecule has 0 spiro atoms. The minimum absolute atomic E-state index is 0.0521. The van der Waals surface area contributed by atoms with Crippen LogP contribution in [0.1, 0.15) is 41.1 Å². The molecule has 42 heavy (non-hydrogen) atoms. The highest BCUT2D eigenvalue weighted by atomic mass is 32.1. The van der Waals surface area contributed by atoms with Gasteiger partial charge in [0.1, 0.15) is 11.6 Å². The summed E-state index contributed by atoms with van der Waals surface area (Å²) in [5, 5.41) is 18.2. The highest BCUT2D eigenvalue weighted by Gasteiger charge is 2.41. The fourth-order valence-electron chi connectivity index (χ4n) is 5.39. The highest BCUT2D eigenvalue weighted by Crippen LogP contribution is 2.42. The number of aryl methyl sites for hydroxylation is 1. The highest BCUT2D eigenvalue weighted by molar-refractivity contribution is 7.80. The van der Waals surface area contributed by atoms with Gasteiger partial charge < -0.3 is 24.8 Å². The van der Waals surface area contributed by atoms with E-state index in [0.29, 0.717) is 28.8 Å². The van der Waals surface area contributed by atoms with Gasteiger partial charge >= 0.3 is 0 Å². The average molecular weight is 589 g/mol. The molecule has 1 aliphatic rings. The van der Waals surface area contributed by atoms with Crippen molar-refractivity contribution >= 4 is 34.6 Å².